The van der Waals surface area contributed by atoms with Crippen molar-refractivity contribution >= 4 is 28.2 Å². The maximum Gasteiger partial charge on any atom is 0.206 e. The van der Waals surface area contributed by atoms with Crippen LogP contribution in [0.4, 0.5) is 5.13 Å². The van der Waals surface area contributed by atoms with Crippen LogP contribution in [-0.4, -0.2) is 16.0 Å². The van der Waals surface area contributed by atoms with E-state index in [2.05, 4.69) is 39.8 Å². The van der Waals surface area contributed by atoms with E-state index in [1.807, 2.05) is 18.7 Å². The largest absolute Gasteiger partial charge is 0.352 e. The van der Waals surface area contributed by atoms with Gasteiger partial charge in [-0.1, -0.05) is 35.6 Å². The highest BCUT2D eigenvalue weighted by molar-refractivity contribution is 7.98. The van der Waals surface area contributed by atoms with Crippen molar-refractivity contribution in [3.63, 3.8) is 0 Å². The topological polar surface area (TPSA) is 37.8 Å². The highest BCUT2D eigenvalue weighted by Crippen LogP contribution is 2.34. The van der Waals surface area contributed by atoms with Crippen LogP contribution >= 0.6 is 23.1 Å². The van der Waals surface area contributed by atoms with Gasteiger partial charge in [-0.05, 0) is 18.1 Å². The minimum absolute atomic E-state index is 0.359. The number of nitrogens with one attached hydrogen (secondary N) is 1. The van der Waals surface area contributed by atoms with Crippen molar-refractivity contribution in [3.8, 4) is 0 Å². The van der Waals surface area contributed by atoms with Gasteiger partial charge in [0.15, 0.2) is 0 Å². The number of nitrogens with zero attached hydrogens (tertiary/aromatic N) is 2. The molecule has 5 heteroatoms. The molecule has 2 heterocycles. The van der Waals surface area contributed by atoms with E-state index in [-0.39, 0.29) is 0 Å². The SMILES string of the molecule is Cc1nnc(NC2CSCc3ccccc32)s1. The van der Waals surface area contributed by atoms with Crippen molar-refractivity contribution in [3.05, 3.63) is 40.4 Å². The van der Waals surface area contributed by atoms with Crippen LogP contribution < -0.4 is 5.32 Å². The predicted molar refractivity (Wildman–Crippen MR) is 73.6 cm³/mol. The maximum atomic E-state index is 4.13. The fourth-order valence-electron chi connectivity index (χ4n) is 2.01. The van der Waals surface area contributed by atoms with E-state index in [1.54, 1.807) is 11.3 Å². The van der Waals surface area contributed by atoms with Crippen LogP contribution in [0.3, 0.4) is 0 Å². The number of rotatable bonds is 2. The molecule has 88 valence electrons. The molecule has 0 spiro atoms. The normalized spacial score (nSPS) is 18.8. The third-order valence-electron chi connectivity index (χ3n) is 2.80. The lowest BCUT2D eigenvalue weighted by molar-refractivity contribution is 0.861. The van der Waals surface area contributed by atoms with Crippen molar-refractivity contribution in [2.75, 3.05) is 11.1 Å². The van der Waals surface area contributed by atoms with E-state index in [4.69, 9.17) is 0 Å². The molecule has 3 nitrogen and oxygen atoms in total. The monoisotopic (exact) mass is 263 g/mol. The first-order valence-corrected chi connectivity index (χ1v) is 7.52. The molecule has 0 bridgehead atoms. The third-order valence-corrected chi connectivity index (χ3v) is 4.65. The third kappa shape index (κ3) is 2.30. The first kappa shape index (κ1) is 11.0. The molecule has 1 unspecified atom stereocenters. The summed E-state index contributed by atoms with van der Waals surface area (Å²) in [4.78, 5) is 0. The summed E-state index contributed by atoms with van der Waals surface area (Å²) >= 11 is 3.58. The molecule has 0 amide bonds. The fraction of sp³-hybridized carbons (Fsp3) is 0.333. The van der Waals surface area contributed by atoms with Gasteiger partial charge < -0.3 is 5.32 Å². The number of hydrogen-bond acceptors (Lipinski definition) is 5. The summed E-state index contributed by atoms with van der Waals surface area (Å²) in [5.74, 6) is 2.21. The number of thioether (sulfide) groups is 1. The summed E-state index contributed by atoms with van der Waals surface area (Å²) < 4.78 is 0. The second kappa shape index (κ2) is 4.66. The molecular formula is C12H13N3S2. The fourth-order valence-corrected chi connectivity index (χ4v) is 3.75. The van der Waals surface area contributed by atoms with Crippen LogP contribution in [0, 0.1) is 6.92 Å². The lowest BCUT2D eigenvalue weighted by Gasteiger charge is -2.25. The Kier molecular flexibility index (Phi) is 3.03. The minimum atomic E-state index is 0.359. The maximum absolute atomic E-state index is 4.13. The quantitative estimate of drug-likeness (QED) is 0.902. The lowest BCUT2D eigenvalue weighted by atomic mass is 10.0. The first-order chi connectivity index (χ1) is 8.33. The van der Waals surface area contributed by atoms with Gasteiger partial charge in [0.25, 0.3) is 0 Å². The standard InChI is InChI=1S/C12H13N3S2/c1-8-14-15-12(17-8)13-11-7-16-6-9-4-2-3-5-10(9)11/h2-5,11H,6-7H2,1H3,(H,13,15). The van der Waals surface area contributed by atoms with Gasteiger partial charge in [0.1, 0.15) is 5.01 Å². The Bertz CT molecular complexity index is 524. The van der Waals surface area contributed by atoms with E-state index in [0.717, 1.165) is 21.6 Å². The second-order valence-corrected chi connectivity index (χ2v) is 6.25. The van der Waals surface area contributed by atoms with Crippen LogP contribution in [0.1, 0.15) is 22.2 Å². The van der Waals surface area contributed by atoms with Gasteiger partial charge in [0.05, 0.1) is 6.04 Å². The Labute approximate surface area is 109 Å². The van der Waals surface area contributed by atoms with Gasteiger partial charge >= 0.3 is 0 Å². The Morgan fingerprint density at radius 2 is 2.18 bits per heavy atom. The summed E-state index contributed by atoms with van der Waals surface area (Å²) in [7, 11) is 0. The van der Waals surface area contributed by atoms with Crippen LogP contribution in [0.2, 0.25) is 0 Å². The lowest BCUT2D eigenvalue weighted by Crippen LogP contribution is -2.18. The van der Waals surface area contributed by atoms with E-state index in [0.29, 0.717) is 6.04 Å². The van der Waals surface area contributed by atoms with Crippen LogP contribution in [0.15, 0.2) is 24.3 Å². The molecule has 0 radical (unpaired) electrons. The molecule has 0 saturated heterocycles. The molecule has 2 aromatic rings. The van der Waals surface area contributed by atoms with Crippen LogP contribution in [0.5, 0.6) is 0 Å². The van der Waals surface area contributed by atoms with Crippen molar-refractivity contribution in [2.45, 2.75) is 18.7 Å². The number of aromatic nitrogens is 2. The molecule has 1 N–H and O–H groups in total. The summed E-state index contributed by atoms with van der Waals surface area (Å²) in [6.07, 6.45) is 0. The minimum Gasteiger partial charge on any atom is -0.352 e. The zero-order valence-corrected chi connectivity index (χ0v) is 11.1. The van der Waals surface area contributed by atoms with Gasteiger partial charge in [-0.3, -0.25) is 0 Å². The molecule has 1 aromatic heterocycles. The van der Waals surface area contributed by atoms with Gasteiger partial charge in [-0.2, -0.15) is 11.8 Å². The number of aryl methyl sites for hydroxylation is 1. The van der Waals surface area contributed by atoms with Crippen molar-refractivity contribution in [2.24, 2.45) is 0 Å². The Balaban J connectivity index is 1.85. The molecule has 1 aliphatic heterocycles. The molecular weight excluding hydrogens is 250 g/mol. The second-order valence-electron chi connectivity index (χ2n) is 4.04. The van der Waals surface area contributed by atoms with E-state index in [1.165, 1.54) is 11.1 Å². The van der Waals surface area contributed by atoms with E-state index >= 15 is 0 Å². The highest BCUT2D eigenvalue weighted by atomic mass is 32.2. The molecule has 17 heavy (non-hydrogen) atoms. The summed E-state index contributed by atoms with van der Waals surface area (Å²) in [5, 5.41) is 13.6. The van der Waals surface area contributed by atoms with Gasteiger partial charge in [0, 0.05) is 11.5 Å². The predicted octanol–water partition coefficient (Wildman–Crippen LogP) is 3.25. The van der Waals surface area contributed by atoms with Gasteiger partial charge in [0.2, 0.25) is 5.13 Å². The van der Waals surface area contributed by atoms with Crippen LogP contribution in [0.25, 0.3) is 0 Å². The van der Waals surface area contributed by atoms with Gasteiger partial charge in [-0.15, -0.1) is 10.2 Å². The van der Waals surface area contributed by atoms with Crippen molar-refractivity contribution < 1.29 is 0 Å². The number of fused-ring (bicyclic) bond motifs is 1. The molecule has 1 atom stereocenters. The molecule has 0 fully saturated rings. The summed E-state index contributed by atoms with van der Waals surface area (Å²) in [6.45, 7) is 1.98. The smallest absolute Gasteiger partial charge is 0.206 e. The van der Waals surface area contributed by atoms with E-state index in [9.17, 15) is 0 Å². The van der Waals surface area contributed by atoms with Crippen molar-refractivity contribution in [1.29, 1.82) is 0 Å². The Morgan fingerprint density at radius 3 is 3.00 bits per heavy atom. The molecule has 3 rings (SSSR count). The summed E-state index contributed by atoms with van der Waals surface area (Å²) in [6, 6.07) is 8.99. The zero-order chi connectivity index (χ0) is 11.7. The van der Waals surface area contributed by atoms with Crippen molar-refractivity contribution in [1.82, 2.24) is 10.2 Å². The number of benzene rings is 1. The molecule has 0 saturated carbocycles. The summed E-state index contributed by atoms with van der Waals surface area (Å²) in [5.41, 5.74) is 2.83. The zero-order valence-electron chi connectivity index (χ0n) is 9.51. The number of anilines is 1. The van der Waals surface area contributed by atoms with E-state index < -0.39 is 0 Å². The van der Waals surface area contributed by atoms with Crippen LogP contribution in [-0.2, 0) is 5.75 Å². The molecule has 0 aliphatic carbocycles. The average Bonchev–Trinajstić information content (AvgIpc) is 2.75. The first-order valence-electron chi connectivity index (χ1n) is 5.55. The average molecular weight is 263 g/mol. The molecule has 1 aliphatic rings. The highest BCUT2D eigenvalue weighted by Gasteiger charge is 2.20. The Morgan fingerprint density at radius 1 is 1.29 bits per heavy atom. The number of hydrogen-bond donors (Lipinski definition) is 1. The molecule has 1 aromatic carbocycles. The Hall–Kier alpha value is -1.07. The van der Waals surface area contributed by atoms with Gasteiger partial charge in [-0.25, -0.2) is 0 Å².